The highest BCUT2D eigenvalue weighted by Crippen LogP contribution is 2.35. The monoisotopic (exact) mass is 197 g/mol. The number of hydrogen-bond donors (Lipinski definition) is 0. The first-order chi connectivity index (χ1) is 5.95. The van der Waals surface area contributed by atoms with Gasteiger partial charge in [-0.3, -0.25) is 4.79 Å². The lowest BCUT2D eigenvalue weighted by Gasteiger charge is -2.24. The first kappa shape index (κ1) is 10.4. The summed E-state index contributed by atoms with van der Waals surface area (Å²) in [4.78, 5) is 15.4. The summed E-state index contributed by atoms with van der Waals surface area (Å²) >= 11 is 1.49. The molecule has 0 N–H and O–H groups in total. The molecule has 1 unspecified atom stereocenters. The van der Waals surface area contributed by atoms with Gasteiger partial charge in [0.05, 0.1) is 9.88 Å². The summed E-state index contributed by atoms with van der Waals surface area (Å²) in [5.41, 5.74) is 0.206. The number of carbonyl (C=O) groups is 1. The highest BCUT2D eigenvalue weighted by Gasteiger charge is 2.24. The Morgan fingerprint density at radius 2 is 2.15 bits per heavy atom. The molecule has 0 saturated heterocycles. The fourth-order valence-electron chi connectivity index (χ4n) is 0.926. The molecule has 1 atom stereocenters. The number of thiazole rings is 1. The molecule has 1 aromatic heterocycles. The Bertz CT molecular complexity index is 298. The van der Waals surface area contributed by atoms with Crippen LogP contribution in [0.4, 0.5) is 0 Å². The normalized spacial score (nSPS) is 14.2. The molecule has 0 radical (unpaired) electrons. The van der Waals surface area contributed by atoms with Crippen molar-refractivity contribution in [3.05, 3.63) is 16.1 Å². The van der Waals surface area contributed by atoms with Crippen molar-refractivity contribution in [3.63, 3.8) is 0 Å². The van der Waals surface area contributed by atoms with Gasteiger partial charge in [0.25, 0.3) is 0 Å². The van der Waals surface area contributed by atoms with E-state index in [2.05, 4.69) is 32.7 Å². The molecule has 0 bridgehead atoms. The molecule has 0 aromatic carbocycles. The van der Waals surface area contributed by atoms with Crippen molar-refractivity contribution in [1.29, 1.82) is 0 Å². The summed E-state index contributed by atoms with van der Waals surface area (Å²) in [6.45, 7) is 8.69. The van der Waals surface area contributed by atoms with Gasteiger partial charge in [-0.05, 0) is 5.41 Å². The second kappa shape index (κ2) is 3.58. The van der Waals surface area contributed by atoms with E-state index in [9.17, 15) is 4.79 Å². The lowest BCUT2D eigenvalue weighted by Crippen LogP contribution is -2.14. The minimum atomic E-state index is 0.206. The quantitative estimate of drug-likeness (QED) is 0.682. The summed E-state index contributed by atoms with van der Waals surface area (Å²) in [7, 11) is 0. The second-order valence-electron chi connectivity index (χ2n) is 4.31. The summed E-state index contributed by atoms with van der Waals surface area (Å²) in [5.74, 6) is 0.395. The van der Waals surface area contributed by atoms with Crippen LogP contribution in [0.5, 0.6) is 0 Å². The van der Waals surface area contributed by atoms with Gasteiger partial charge in [-0.15, -0.1) is 11.3 Å². The number of rotatable bonds is 2. The van der Waals surface area contributed by atoms with Crippen LogP contribution in [0.15, 0.2) is 6.20 Å². The molecule has 0 saturated carbocycles. The molecule has 1 rings (SSSR count). The molecule has 0 spiro atoms. The molecule has 0 fully saturated rings. The van der Waals surface area contributed by atoms with Crippen LogP contribution in [0.2, 0.25) is 0 Å². The van der Waals surface area contributed by atoms with E-state index in [4.69, 9.17) is 0 Å². The molecule has 13 heavy (non-hydrogen) atoms. The molecular weight excluding hydrogens is 182 g/mol. The van der Waals surface area contributed by atoms with Crippen molar-refractivity contribution in [1.82, 2.24) is 4.98 Å². The van der Waals surface area contributed by atoms with Gasteiger partial charge in [0.2, 0.25) is 0 Å². The van der Waals surface area contributed by atoms with Crippen molar-refractivity contribution in [2.24, 2.45) is 5.41 Å². The van der Waals surface area contributed by atoms with E-state index in [1.54, 1.807) is 6.20 Å². The Morgan fingerprint density at radius 3 is 2.54 bits per heavy atom. The maximum atomic E-state index is 10.5. The van der Waals surface area contributed by atoms with E-state index in [1.807, 2.05) is 0 Å². The van der Waals surface area contributed by atoms with Gasteiger partial charge >= 0.3 is 0 Å². The summed E-state index contributed by atoms with van der Waals surface area (Å²) < 4.78 is 0. The van der Waals surface area contributed by atoms with Gasteiger partial charge < -0.3 is 0 Å². The molecule has 3 heteroatoms. The first-order valence-electron chi connectivity index (χ1n) is 4.36. The number of aromatic nitrogens is 1. The molecule has 0 amide bonds. The average Bonchev–Trinajstić information content (AvgIpc) is 2.48. The maximum Gasteiger partial charge on any atom is 0.161 e. The highest BCUT2D eigenvalue weighted by molar-refractivity contribution is 7.13. The zero-order valence-corrected chi connectivity index (χ0v) is 9.31. The van der Waals surface area contributed by atoms with E-state index in [-0.39, 0.29) is 5.41 Å². The molecule has 72 valence electrons. The van der Waals surface area contributed by atoms with Crippen molar-refractivity contribution in [2.45, 2.75) is 33.6 Å². The third-order valence-corrected chi connectivity index (χ3v) is 3.43. The van der Waals surface area contributed by atoms with Gasteiger partial charge in [-0.2, -0.15) is 0 Å². The Balaban J connectivity index is 2.89. The van der Waals surface area contributed by atoms with Crippen LogP contribution in [-0.2, 0) is 0 Å². The number of carbonyl (C=O) groups excluding carboxylic acids is 1. The van der Waals surface area contributed by atoms with Gasteiger partial charge in [-0.25, -0.2) is 4.98 Å². The van der Waals surface area contributed by atoms with Crippen LogP contribution in [0.25, 0.3) is 0 Å². The third-order valence-electron chi connectivity index (χ3n) is 2.33. The standard InChI is InChI=1S/C10H15NOS/c1-7(10(2,3)4)9-11-5-8(6-12)13-9/h5-7H,1-4H3. The second-order valence-corrected chi connectivity index (χ2v) is 5.40. The SMILES string of the molecule is CC(c1ncc(C=O)s1)C(C)(C)C. The Morgan fingerprint density at radius 1 is 1.54 bits per heavy atom. The average molecular weight is 197 g/mol. The summed E-state index contributed by atoms with van der Waals surface area (Å²) in [6, 6.07) is 0. The van der Waals surface area contributed by atoms with Crippen LogP contribution in [0.3, 0.4) is 0 Å². The molecule has 0 aliphatic carbocycles. The van der Waals surface area contributed by atoms with E-state index in [0.29, 0.717) is 10.8 Å². The van der Waals surface area contributed by atoms with Gasteiger partial charge in [-0.1, -0.05) is 27.7 Å². The van der Waals surface area contributed by atoms with E-state index in [1.165, 1.54) is 11.3 Å². The summed E-state index contributed by atoms with van der Waals surface area (Å²) in [6.07, 6.45) is 2.51. The van der Waals surface area contributed by atoms with Crippen LogP contribution >= 0.6 is 11.3 Å². The fourth-order valence-corrected chi connectivity index (χ4v) is 1.96. The zero-order valence-electron chi connectivity index (χ0n) is 8.50. The lowest BCUT2D eigenvalue weighted by atomic mass is 9.83. The van der Waals surface area contributed by atoms with Crippen LogP contribution < -0.4 is 0 Å². The Labute approximate surface area is 83.0 Å². The van der Waals surface area contributed by atoms with Crippen LogP contribution in [0.1, 0.15) is 48.3 Å². The first-order valence-corrected chi connectivity index (χ1v) is 5.17. The Hall–Kier alpha value is -0.700. The van der Waals surface area contributed by atoms with Crippen molar-refractivity contribution in [3.8, 4) is 0 Å². The van der Waals surface area contributed by atoms with E-state index in [0.717, 1.165) is 11.3 Å². The van der Waals surface area contributed by atoms with Gasteiger partial charge in [0, 0.05) is 12.1 Å². The minimum Gasteiger partial charge on any atom is -0.297 e. The largest absolute Gasteiger partial charge is 0.297 e. The third kappa shape index (κ3) is 2.37. The molecule has 2 nitrogen and oxygen atoms in total. The van der Waals surface area contributed by atoms with Crippen LogP contribution in [0, 0.1) is 5.41 Å². The molecule has 0 aliphatic rings. The fraction of sp³-hybridized carbons (Fsp3) is 0.600. The van der Waals surface area contributed by atoms with Crippen LogP contribution in [-0.4, -0.2) is 11.3 Å². The maximum absolute atomic E-state index is 10.5. The smallest absolute Gasteiger partial charge is 0.161 e. The number of aldehydes is 1. The molecule has 1 heterocycles. The van der Waals surface area contributed by atoms with Crippen molar-refractivity contribution >= 4 is 17.6 Å². The molecular formula is C10H15NOS. The van der Waals surface area contributed by atoms with E-state index < -0.39 is 0 Å². The number of hydrogen-bond acceptors (Lipinski definition) is 3. The predicted molar refractivity (Wildman–Crippen MR) is 55.4 cm³/mol. The number of nitrogens with zero attached hydrogens (tertiary/aromatic N) is 1. The van der Waals surface area contributed by atoms with Crippen molar-refractivity contribution in [2.75, 3.05) is 0 Å². The lowest BCUT2D eigenvalue weighted by molar-refractivity contribution is 0.112. The highest BCUT2D eigenvalue weighted by atomic mass is 32.1. The Kier molecular flexibility index (Phi) is 2.86. The van der Waals surface area contributed by atoms with Gasteiger partial charge in [0.1, 0.15) is 0 Å². The minimum absolute atomic E-state index is 0.206. The molecule has 1 aromatic rings. The zero-order chi connectivity index (χ0) is 10.1. The van der Waals surface area contributed by atoms with E-state index >= 15 is 0 Å². The predicted octanol–water partition coefficient (Wildman–Crippen LogP) is 3.11. The molecule has 0 aliphatic heterocycles. The summed E-state index contributed by atoms with van der Waals surface area (Å²) in [5, 5.41) is 1.05. The van der Waals surface area contributed by atoms with Gasteiger partial charge in [0.15, 0.2) is 6.29 Å². The topological polar surface area (TPSA) is 30.0 Å². The van der Waals surface area contributed by atoms with Crippen molar-refractivity contribution < 1.29 is 4.79 Å².